The normalized spacial score (nSPS) is 12.5. The van der Waals surface area contributed by atoms with E-state index < -0.39 is 10.9 Å². The van der Waals surface area contributed by atoms with Crippen LogP contribution >= 0.6 is 0 Å². The van der Waals surface area contributed by atoms with Crippen LogP contribution < -0.4 is 0 Å². The summed E-state index contributed by atoms with van der Waals surface area (Å²) in [6.45, 7) is 1.98. The van der Waals surface area contributed by atoms with E-state index in [1.54, 1.807) is 13.1 Å². The number of nitro benzene ring substituents is 1. The molecule has 0 aliphatic heterocycles. The van der Waals surface area contributed by atoms with Crippen molar-refractivity contribution in [2.24, 2.45) is 7.05 Å². The molecule has 0 fully saturated rings. The minimum Gasteiger partial charge on any atom is -0.481 e. The Kier molecular flexibility index (Phi) is 4.21. The molecule has 0 amide bonds. The summed E-state index contributed by atoms with van der Waals surface area (Å²) in [5.74, 6) is -0.0327. The maximum atomic E-state index is 10.8. The molecule has 1 aromatic carbocycles. The zero-order valence-corrected chi connectivity index (χ0v) is 11.9. The fraction of sp³-hybridized carbons (Fsp3) is 0.429. The van der Waals surface area contributed by atoms with Crippen molar-refractivity contribution in [3.63, 3.8) is 0 Å². The van der Waals surface area contributed by atoms with Gasteiger partial charge in [0.1, 0.15) is 5.82 Å². The van der Waals surface area contributed by atoms with Gasteiger partial charge >= 0.3 is 5.97 Å². The third-order valence-electron chi connectivity index (χ3n) is 3.67. The van der Waals surface area contributed by atoms with Gasteiger partial charge in [-0.25, -0.2) is 4.98 Å². The Bertz CT molecular complexity index is 693. The summed E-state index contributed by atoms with van der Waals surface area (Å²) in [7, 11) is 1.80. The van der Waals surface area contributed by atoms with Gasteiger partial charge in [-0.15, -0.1) is 0 Å². The van der Waals surface area contributed by atoms with E-state index in [9.17, 15) is 14.9 Å². The summed E-state index contributed by atoms with van der Waals surface area (Å²) in [5.41, 5.74) is 1.40. The highest BCUT2D eigenvalue weighted by molar-refractivity contribution is 5.78. The van der Waals surface area contributed by atoms with E-state index in [4.69, 9.17) is 5.11 Å². The number of hydrogen-bond donors (Lipinski definition) is 1. The zero-order chi connectivity index (χ0) is 15.6. The van der Waals surface area contributed by atoms with Gasteiger partial charge in [0, 0.05) is 31.5 Å². The Hall–Kier alpha value is -2.44. The summed E-state index contributed by atoms with van der Waals surface area (Å²) >= 11 is 0. The maximum Gasteiger partial charge on any atom is 0.303 e. The predicted octanol–water partition coefficient (Wildman–Crippen LogP) is 2.84. The number of aliphatic carboxylic acids is 1. The molecule has 1 unspecified atom stereocenters. The van der Waals surface area contributed by atoms with E-state index in [1.165, 1.54) is 12.1 Å². The zero-order valence-electron chi connectivity index (χ0n) is 11.9. The van der Waals surface area contributed by atoms with Gasteiger partial charge in [0.25, 0.3) is 5.69 Å². The molecule has 0 aliphatic rings. The molecular formula is C14H17N3O4. The molecule has 1 atom stereocenters. The lowest BCUT2D eigenvalue weighted by Gasteiger charge is -2.13. The number of benzene rings is 1. The van der Waals surface area contributed by atoms with Crippen molar-refractivity contribution in [1.29, 1.82) is 0 Å². The molecule has 0 saturated carbocycles. The maximum absolute atomic E-state index is 10.8. The van der Waals surface area contributed by atoms with E-state index in [2.05, 4.69) is 4.98 Å². The van der Waals surface area contributed by atoms with Crippen LogP contribution in [0, 0.1) is 10.1 Å². The second-order valence-electron chi connectivity index (χ2n) is 5.00. The van der Waals surface area contributed by atoms with Crippen molar-refractivity contribution in [1.82, 2.24) is 9.55 Å². The number of hydrogen-bond acceptors (Lipinski definition) is 4. The summed E-state index contributed by atoms with van der Waals surface area (Å²) < 4.78 is 1.82. The second kappa shape index (κ2) is 5.90. The number of aromatic nitrogens is 2. The standard InChI is InChI=1S/C14H17N3O4/c1-3-9(4-7-13(18)19)14-15-11-6-5-10(17(20)21)8-12(11)16(14)2/h5-6,8-9H,3-4,7H2,1-2H3,(H,18,19). The van der Waals surface area contributed by atoms with Gasteiger partial charge in [-0.2, -0.15) is 0 Å². The lowest BCUT2D eigenvalue weighted by atomic mass is 9.99. The van der Waals surface area contributed by atoms with Crippen molar-refractivity contribution in [3.05, 3.63) is 34.1 Å². The molecule has 21 heavy (non-hydrogen) atoms. The van der Waals surface area contributed by atoms with E-state index in [-0.39, 0.29) is 18.0 Å². The monoisotopic (exact) mass is 291 g/mol. The lowest BCUT2D eigenvalue weighted by Crippen LogP contribution is -2.08. The van der Waals surface area contributed by atoms with Gasteiger partial charge in [0.15, 0.2) is 0 Å². The van der Waals surface area contributed by atoms with Crippen LogP contribution in [-0.2, 0) is 11.8 Å². The van der Waals surface area contributed by atoms with Gasteiger partial charge in [0.05, 0.1) is 16.0 Å². The van der Waals surface area contributed by atoms with Crippen LogP contribution in [0.15, 0.2) is 18.2 Å². The number of fused-ring (bicyclic) bond motifs is 1. The molecule has 1 aromatic heterocycles. The summed E-state index contributed by atoms with van der Waals surface area (Å²) in [4.78, 5) is 25.6. The van der Waals surface area contributed by atoms with Crippen molar-refractivity contribution < 1.29 is 14.8 Å². The van der Waals surface area contributed by atoms with Gasteiger partial charge < -0.3 is 9.67 Å². The lowest BCUT2D eigenvalue weighted by molar-refractivity contribution is -0.384. The molecule has 7 nitrogen and oxygen atoms in total. The molecule has 1 N–H and O–H groups in total. The number of imidazole rings is 1. The second-order valence-corrected chi connectivity index (χ2v) is 5.00. The highest BCUT2D eigenvalue weighted by Crippen LogP contribution is 2.28. The molecule has 0 bridgehead atoms. The van der Waals surface area contributed by atoms with Gasteiger partial charge in [-0.3, -0.25) is 14.9 Å². The number of nitrogens with zero attached hydrogens (tertiary/aromatic N) is 3. The Morgan fingerprint density at radius 2 is 2.24 bits per heavy atom. The van der Waals surface area contributed by atoms with E-state index >= 15 is 0 Å². The predicted molar refractivity (Wildman–Crippen MR) is 77.3 cm³/mol. The first-order valence-electron chi connectivity index (χ1n) is 6.76. The highest BCUT2D eigenvalue weighted by atomic mass is 16.6. The average Bonchev–Trinajstić information content (AvgIpc) is 2.76. The summed E-state index contributed by atoms with van der Waals surface area (Å²) in [6, 6.07) is 4.55. The first-order chi connectivity index (χ1) is 9.93. The molecule has 0 aliphatic carbocycles. The van der Waals surface area contributed by atoms with Crippen LogP contribution in [0.4, 0.5) is 5.69 Å². The Balaban J connectivity index is 2.41. The fourth-order valence-corrected chi connectivity index (χ4v) is 2.49. The first kappa shape index (κ1) is 15.0. The van der Waals surface area contributed by atoms with Crippen LogP contribution in [-0.4, -0.2) is 25.6 Å². The van der Waals surface area contributed by atoms with Crippen molar-refractivity contribution in [3.8, 4) is 0 Å². The van der Waals surface area contributed by atoms with E-state index in [0.717, 1.165) is 12.2 Å². The van der Waals surface area contributed by atoms with Crippen molar-refractivity contribution in [2.45, 2.75) is 32.1 Å². The average molecular weight is 291 g/mol. The van der Waals surface area contributed by atoms with Crippen LogP contribution in [0.2, 0.25) is 0 Å². The Morgan fingerprint density at radius 1 is 1.52 bits per heavy atom. The number of rotatable bonds is 6. The Morgan fingerprint density at radius 3 is 2.81 bits per heavy atom. The highest BCUT2D eigenvalue weighted by Gasteiger charge is 2.19. The molecule has 0 radical (unpaired) electrons. The van der Waals surface area contributed by atoms with Crippen LogP contribution in [0.3, 0.4) is 0 Å². The van der Waals surface area contributed by atoms with Gasteiger partial charge in [0.2, 0.25) is 0 Å². The number of nitro groups is 1. The molecule has 0 spiro atoms. The molecule has 0 saturated heterocycles. The molecular weight excluding hydrogens is 274 g/mol. The first-order valence-corrected chi connectivity index (χ1v) is 6.76. The Labute approximate surface area is 121 Å². The minimum atomic E-state index is -0.831. The smallest absolute Gasteiger partial charge is 0.303 e. The minimum absolute atomic E-state index is 0.0237. The summed E-state index contributed by atoms with van der Waals surface area (Å²) in [5, 5.41) is 19.7. The number of carboxylic acids is 1. The van der Waals surface area contributed by atoms with Crippen LogP contribution in [0.5, 0.6) is 0 Å². The van der Waals surface area contributed by atoms with Crippen molar-refractivity contribution >= 4 is 22.7 Å². The van der Waals surface area contributed by atoms with Crippen LogP contribution in [0.1, 0.15) is 37.9 Å². The number of aryl methyl sites for hydroxylation is 1. The fourth-order valence-electron chi connectivity index (χ4n) is 2.49. The third-order valence-corrected chi connectivity index (χ3v) is 3.67. The quantitative estimate of drug-likeness (QED) is 0.651. The largest absolute Gasteiger partial charge is 0.481 e. The van der Waals surface area contributed by atoms with Gasteiger partial charge in [-0.1, -0.05) is 6.92 Å². The molecule has 112 valence electrons. The van der Waals surface area contributed by atoms with Crippen molar-refractivity contribution in [2.75, 3.05) is 0 Å². The topological polar surface area (TPSA) is 98.3 Å². The van der Waals surface area contributed by atoms with Gasteiger partial charge in [-0.05, 0) is 18.9 Å². The molecule has 1 heterocycles. The third kappa shape index (κ3) is 3.01. The molecule has 7 heteroatoms. The SMILES string of the molecule is CCC(CCC(=O)O)c1nc2ccc([N+](=O)[O-])cc2n1C. The van der Waals surface area contributed by atoms with E-state index in [0.29, 0.717) is 17.5 Å². The molecule has 2 rings (SSSR count). The van der Waals surface area contributed by atoms with Crippen LogP contribution in [0.25, 0.3) is 11.0 Å². The molecule has 2 aromatic rings. The number of carboxylic acid groups (broad SMARTS) is 1. The number of non-ortho nitro benzene ring substituents is 1. The summed E-state index contributed by atoms with van der Waals surface area (Å²) in [6.07, 6.45) is 1.36. The number of carbonyl (C=O) groups is 1. The van der Waals surface area contributed by atoms with E-state index in [1.807, 2.05) is 11.5 Å².